The Morgan fingerprint density at radius 2 is 1.92 bits per heavy atom. The first-order chi connectivity index (χ1) is 12.2. The lowest BCUT2D eigenvalue weighted by molar-refractivity contribution is -0.123. The van der Waals surface area contributed by atoms with Crippen molar-refractivity contribution in [2.45, 2.75) is 18.9 Å². The number of anilines is 1. The Morgan fingerprint density at radius 3 is 2.56 bits per heavy atom. The van der Waals surface area contributed by atoms with Gasteiger partial charge in [-0.3, -0.25) is 4.79 Å². The normalized spacial score (nSPS) is 17.9. The van der Waals surface area contributed by atoms with Crippen molar-refractivity contribution >= 4 is 17.4 Å². The maximum Gasteiger partial charge on any atom is 0.270 e. The molecule has 1 fully saturated rings. The Kier molecular flexibility index (Phi) is 3.84. The zero-order valence-electron chi connectivity index (χ0n) is 14.2. The van der Waals surface area contributed by atoms with Gasteiger partial charge < -0.3 is 19.5 Å². The zero-order valence-corrected chi connectivity index (χ0v) is 14.2. The van der Waals surface area contributed by atoms with E-state index < -0.39 is 6.10 Å². The molecule has 128 valence electrons. The molecule has 1 N–H and O–H groups in total. The summed E-state index contributed by atoms with van der Waals surface area (Å²) in [6.45, 7) is 0. The van der Waals surface area contributed by atoms with Crippen LogP contribution in [0.15, 0.2) is 48.0 Å². The summed E-state index contributed by atoms with van der Waals surface area (Å²) in [6, 6.07) is 13.1. The van der Waals surface area contributed by atoms with Crippen molar-refractivity contribution in [2.75, 3.05) is 19.5 Å². The van der Waals surface area contributed by atoms with Crippen LogP contribution in [0.25, 0.3) is 5.76 Å². The Morgan fingerprint density at radius 1 is 1.16 bits per heavy atom. The van der Waals surface area contributed by atoms with Crippen LogP contribution in [0.4, 0.5) is 5.69 Å². The van der Waals surface area contributed by atoms with Crippen LogP contribution in [-0.2, 0) is 9.53 Å². The minimum absolute atomic E-state index is 0.193. The number of methoxy groups -OCH3 is 2. The van der Waals surface area contributed by atoms with Crippen LogP contribution < -0.4 is 14.8 Å². The second-order valence-electron chi connectivity index (χ2n) is 6.08. The van der Waals surface area contributed by atoms with Crippen molar-refractivity contribution in [2.24, 2.45) is 0 Å². The van der Waals surface area contributed by atoms with E-state index in [9.17, 15) is 4.79 Å². The topological polar surface area (TPSA) is 56.8 Å². The molecule has 1 aliphatic carbocycles. The van der Waals surface area contributed by atoms with Gasteiger partial charge in [0, 0.05) is 17.2 Å². The number of fused-ring (bicyclic) bond motifs is 1. The highest BCUT2D eigenvalue weighted by Crippen LogP contribution is 2.46. The molecule has 0 aromatic heterocycles. The number of rotatable bonds is 4. The van der Waals surface area contributed by atoms with Crippen LogP contribution >= 0.6 is 0 Å². The Bertz CT molecular complexity index is 851. The highest BCUT2D eigenvalue weighted by Gasteiger charge is 2.33. The molecule has 1 amide bonds. The van der Waals surface area contributed by atoms with E-state index in [4.69, 9.17) is 14.2 Å². The second-order valence-corrected chi connectivity index (χ2v) is 6.08. The van der Waals surface area contributed by atoms with E-state index in [1.54, 1.807) is 20.3 Å². The number of benzene rings is 2. The third kappa shape index (κ3) is 2.82. The quantitative estimate of drug-likeness (QED) is 0.859. The smallest absolute Gasteiger partial charge is 0.270 e. The predicted molar refractivity (Wildman–Crippen MR) is 94.6 cm³/mol. The molecule has 0 saturated heterocycles. The Labute approximate surface area is 146 Å². The molecule has 1 unspecified atom stereocenters. The van der Waals surface area contributed by atoms with E-state index in [1.165, 1.54) is 5.57 Å². The Balaban J connectivity index is 1.80. The van der Waals surface area contributed by atoms with Gasteiger partial charge in [0.05, 0.1) is 19.9 Å². The molecule has 5 nitrogen and oxygen atoms in total. The van der Waals surface area contributed by atoms with Crippen molar-refractivity contribution in [3.8, 4) is 11.5 Å². The lowest BCUT2D eigenvalue weighted by Crippen LogP contribution is -2.30. The molecule has 1 heterocycles. The van der Waals surface area contributed by atoms with Crippen molar-refractivity contribution in [1.29, 1.82) is 0 Å². The fourth-order valence-electron chi connectivity index (χ4n) is 3.06. The molecule has 1 saturated carbocycles. The minimum Gasteiger partial charge on any atom is -0.497 e. The number of hydrogen-bond acceptors (Lipinski definition) is 4. The summed E-state index contributed by atoms with van der Waals surface area (Å²) in [5.74, 6) is 1.84. The van der Waals surface area contributed by atoms with E-state index in [0.29, 0.717) is 17.2 Å². The fraction of sp³-hybridized carbons (Fsp3) is 0.250. The summed E-state index contributed by atoms with van der Waals surface area (Å²) in [4.78, 5) is 12.6. The van der Waals surface area contributed by atoms with Crippen LogP contribution in [-0.4, -0.2) is 20.1 Å². The van der Waals surface area contributed by atoms with Gasteiger partial charge in [-0.1, -0.05) is 30.3 Å². The molecular weight excluding hydrogens is 318 g/mol. The van der Waals surface area contributed by atoms with Crippen LogP contribution in [0.1, 0.15) is 30.1 Å². The monoisotopic (exact) mass is 337 g/mol. The molecule has 25 heavy (non-hydrogen) atoms. The van der Waals surface area contributed by atoms with E-state index in [1.807, 2.05) is 36.4 Å². The van der Waals surface area contributed by atoms with Crippen molar-refractivity contribution in [3.05, 3.63) is 59.2 Å². The first-order valence-corrected chi connectivity index (χ1v) is 8.22. The highest BCUT2D eigenvalue weighted by atomic mass is 16.5. The van der Waals surface area contributed by atoms with Gasteiger partial charge >= 0.3 is 0 Å². The number of allylic oxidation sites excluding steroid dienone is 1. The molecule has 0 spiro atoms. The molecule has 2 aromatic carbocycles. The number of carbonyl (C=O) groups excluding carboxylic acids is 1. The molecule has 2 aliphatic rings. The molecule has 5 heteroatoms. The van der Waals surface area contributed by atoms with Crippen LogP contribution in [0.5, 0.6) is 11.5 Å². The average molecular weight is 337 g/mol. The van der Waals surface area contributed by atoms with Crippen LogP contribution in [0.2, 0.25) is 0 Å². The number of nitrogens with one attached hydrogen (secondary N) is 1. The van der Waals surface area contributed by atoms with Gasteiger partial charge in [0.1, 0.15) is 17.3 Å². The van der Waals surface area contributed by atoms with Crippen molar-refractivity contribution in [3.63, 3.8) is 0 Å². The summed E-state index contributed by atoms with van der Waals surface area (Å²) in [5, 5.41) is 2.99. The molecule has 0 bridgehead atoms. The molecule has 1 atom stereocenters. The number of amides is 1. The highest BCUT2D eigenvalue weighted by molar-refractivity contribution is 6.01. The van der Waals surface area contributed by atoms with E-state index >= 15 is 0 Å². The van der Waals surface area contributed by atoms with Crippen LogP contribution in [0, 0.1) is 0 Å². The summed E-state index contributed by atoms with van der Waals surface area (Å²) in [5.41, 5.74) is 3.47. The number of carbonyl (C=O) groups is 1. The van der Waals surface area contributed by atoms with Crippen molar-refractivity contribution < 1.29 is 19.0 Å². The van der Waals surface area contributed by atoms with Crippen LogP contribution in [0.3, 0.4) is 0 Å². The van der Waals surface area contributed by atoms with Crippen molar-refractivity contribution in [1.82, 2.24) is 0 Å². The van der Waals surface area contributed by atoms with E-state index in [2.05, 4.69) is 5.32 Å². The maximum absolute atomic E-state index is 12.6. The lowest BCUT2D eigenvalue weighted by atomic mass is 10.0. The number of ether oxygens (including phenoxy) is 3. The molecule has 1 aliphatic heterocycles. The fourth-order valence-corrected chi connectivity index (χ4v) is 3.06. The third-order valence-electron chi connectivity index (χ3n) is 4.41. The standard InChI is InChI=1S/C20H19NO4/c1-23-14-10-15(18(24-2)13-8-9-13)17-16(11-14)25-19(20(22)21-17)12-6-4-3-5-7-12/h3-7,10-11,19H,8-9H2,1-2H3,(H,21,22). The molecule has 0 radical (unpaired) electrons. The Hall–Kier alpha value is -2.95. The summed E-state index contributed by atoms with van der Waals surface area (Å²) >= 11 is 0. The van der Waals surface area contributed by atoms with Gasteiger partial charge in [0.2, 0.25) is 6.10 Å². The SMILES string of the molecule is COC(=C1CC1)c1cc(OC)cc2c1NC(=O)C(c1ccccc1)O2. The largest absolute Gasteiger partial charge is 0.497 e. The van der Waals surface area contributed by atoms with Gasteiger partial charge in [-0.05, 0) is 24.5 Å². The lowest BCUT2D eigenvalue weighted by Gasteiger charge is -2.28. The van der Waals surface area contributed by atoms with Gasteiger partial charge in [-0.25, -0.2) is 0 Å². The summed E-state index contributed by atoms with van der Waals surface area (Å²) in [7, 11) is 3.25. The first kappa shape index (κ1) is 15.6. The van der Waals surface area contributed by atoms with Gasteiger partial charge in [-0.15, -0.1) is 0 Å². The predicted octanol–water partition coefficient (Wildman–Crippen LogP) is 3.92. The average Bonchev–Trinajstić information content (AvgIpc) is 3.47. The molecule has 4 rings (SSSR count). The summed E-state index contributed by atoms with van der Waals surface area (Å²) < 4.78 is 17.0. The van der Waals surface area contributed by atoms with Gasteiger partial charge in [0.15, 0.2) is 0 Å². The second kappa shape index (κ2) is 6.16. The molecular formula is C20H19NO4. The van der Waals surface area contributed by atoms with Gasteiger partial charge in [-0.2, -0.15) is 0 Å². The molecule has 2 aromatic rings. The minimum atomic E-state index is -0.687. The van der Waals surface area contributed by atoms with E-state index in [-0.39, 0.29) is 5.91 Å². The third-order valence-corrected chi connectivity index (χ3v) is 4.41. The first-order valence-electron chi connectivity index (χ1n) is 8.22. The number of hydrogen-bond donors (Lipinski definition) is 1. The van der Waals surface area contributed by atoms with Gasteiger partial charge in [0.25, 0.3) is 5.91 Å². The maximum atomic E-state index is 12.6. The van der Waals surface area contributed by atoms with E-state index in [0.717, 1.165) is 29.7 Å². The zero-order chi connectivity index (χ0) is 17.4. The summed E-state index contributed by atoms with van der Waals surface area (Å²) in [6.07, 6.45) is 1.33.